The lowest BCUT2D eigenvalue weighted by molar-refractivity contribution is -0.0838. The first kappa shape index (κ1) is 15.5. The molecule has 4 heteroatoms. The fraction of sp³-hybridized carbons (Fsp3) is 0.812. The second-order valence-electron chi connectivity index (χ2n) is 5.99. The molecule has 4 nitrogen and oxygen atoms in total. The van der Waals surface area contributed by atoms with Crippen molar-refractivity contribution in [1.82, 2.24) is 15.1 Å². The maximum absolute atomic E-state index is 5.79. The Morgan fingerprint density at radius 3 is 2.75 bits per heavy atom. The smallest absolute Gasteiger partial charge is 0.0697 e. The highest BCUT2D eigenvalue weighted by atomic mass is 16.5. The van der Waals surface area contributed by atoms with Crippen molar-refractivity contribution in [2.24, 2.45) is 0 Å². The predicted octanol–water partition coefficient (Wildman–Crippen LogP) is 3.29. The van der Waals surface area contributed by atoms with Crippen LogP contribution in [0.25, 0.3) is 0 Å². The first-order valence-corrected chi connectivity index (χ1v) is 8.04. The Morgan fingerprint density at radius 1 is 1.40 bits per heavy atom. The second kappa shape index (κ2) is 7.23. The Morgan fingerprint density at radius 2 is 2.20 bits per heavy atom. The molecule has 20 heavy (non-hydrogen) atoms. The minimum Gasteiger partial charge on any atom is -0.378 e. The van der Waals surface area contributed by atoms with Crippen LogP contribution >= 0.6 is 0 Å². The molecule has 0 aromatic carbocycles. The average molecular weight is 279 g/mol. The Balaban J connectivity index is 2.05. The zero-order chi connectivity index (χ0) is 14.4. The molecular weight excluding hydrogens is 250 g/mol. The van der Waals surface area contributed by atoms with E-state index < -0.39 is 0 Å². The summed E-state index contributed by atoms with van der Waals surface area (Å²) >= 11 is 0. The third-order valence-corrected chi connectivity index (χ3v) is 4.42. The summed E-state index contributed by atoms with van der Waals surface area (Å²) in [6.45, 7) is 6.43. The highest BCUT2D eigenvalue weighted by molar-refractivity contribution is 5.13. The molecular formula is C16H29N3O. The van der Waals surface area contributed by atoms with E-state index in [1.807, 2.05) is 13.3 Å². The van der Waals surface area contributed by atoms with Gasteiger partial charge in [0.25, 0.3) is 0 Å². The Bertz CT molecular complexity index is 393. The van der Waals surface area contributed by atoms with Gasteiger partial charge in [0.2, 0.25) is 0 Å². The molecule has 114 valence electrons. The summed E-state index contributed by atoms with van der Waals surface area (Å²) in [5.74, 6) is 0. The van der Waals surface area contributed by atoms with Crippen molar-refractivity contribution in [3.05, 3.63) is 18.0 Å². The summed E-state index contributed by atoms with van der Waals surface area (Å²) in [7, 11) is 1.86. The van der Waals surface area contributed by atoms with E-state index in [1.54, 1.807) is 0 Å². The van der Waals surface area contributed by atoms with Gasteiger partial charge in [-0.2, -0.15) is 5.10 Å². The molecule has 0 amide bonds. The topological polar surface area (TPSA) is 39.1 Å². The number of nitrogens with zero attached hydrogens (tertiary/aromatic N) is 2. The van der Waals surface area contributed by atoms with Gasteiger partial charge in [-0.25, -0.2) is 0 Å². The van der Waals surface area contributed by atoms with Crippen LogP contribution in [-0.2, 0) is 11.3 Å². The summed E-state index contributed by atoms with van der Waals surface area (Å²) in [6, 6.07) is 0.362. The van der Waals surface area contributed by atoms with Gasteiger partial charge < -0.3 is 10.1 Å². The summed E-state index contributed by atoms with van der Waals surface area (Å²) in [5, 5.41) is 8.14. The average Bonchev–Trinajstić information content (AvgIpc) is 2.86. The Hall–Kier alpha value is -0.870. The molecule has 0 spiro atoms. The van der Waals surface area contributed by atoms with Crippen LogP contribution in [0.2, 0.25) is 0 Å². The van der Waals surface area contributed by atoms with Gasteiger partial charge in [-0.3, -0.25) is 4.68 Å². The lowest BCUT2D eigenvalue weighted by Crippen LogP contribution is -2.43. The quantitative estimate of drug-likeness (QED) is 0.754. The molecule has 2 rings (SSSR count). The van der Waals surface area contributed by atoms with E-state index in [9.17, 15) is 0 Å². The molecule has 1 aliphatic rings. The minimum atomic E-state index is 0.0955. The molecule has 1 unspecified atom stereocenters. The van der Waals surface area contributed by atoms with E-state index >= 15 is 0 Å². The van der Waals surface area contributed by atoms with Crippen molar-refractivity contribution in [3.8, 4) is 0 Å². The molecule has 1 N–H and O–H groups in total. The second-order valence-corrected chi connectivity index (χ2v) is 5.99. The molecule has 1 aromatic heterocycles. The van der Waals surface area contributed by atoms with Gasteiger partial charge in [0.05, 0.1) is 11.8 Å². The zero-order valence-corrected chi connectivity index (χ0v) is 13.2. The lowest BCUT2D eigenvalue weighted by Gasteiger charge is -2.43. The Kier molecular flexibility index (Phi) is 5.61. The molecule has 0 radical (unpaired) electrons. The first-order chi connectivity index (χ1) is 9.73. The molecule has 0 saturated heterocycles. The SMILES string of the molecule is CCCNC(CC1(OC)CCC1)c1cnn(CCC)c1. The number of hydrogen-bond acceptors (Lipinski definition) is 3. The fourth-order valence-electron chi connectivity index (χ4n) is 2.97. The van der Waals surface area contributed by atoms with E-state index in [-0.39, 0.29) is 5.60 Å². The molecule has 1 saturated carbocycles. The number of rotatable bonds is 9. The molecule has 1 fully saturated rings. The van der Waals surface area contributed by atoms with Crippen molar-refractivity contribution in [2.75, 3.05) is 13.7 Å². The van der Waals surface area contributed by atoms with Crippen LogP contribution in [0, 0.1) is 0 Å². The van der Waals surface area contributed by atoms with E-state index in [1.165, 1.54) is 24.8 Å². The van der Waals surface area contributed by atoms with Gasteiger partial charge in [0.1, 0.15) is 0 Å². The molecule has 1 aromatic rings. The standard InChI is InChI=1S/C16H29N3O/c1-4-9-17-15(11-16(20-3)7-6-8-16)14-12-18-19(13-14)10-5-2/h12-13,15,17H,4-11H2,1-3H3. The van der Waals surface area contributed by atoms with Gasteiger partial charge in [-0.15, -0.1) is 0 Å². The summed E-state index contributed by atoms with van der Waals surface area (Å²) in [4.78, 5) is 0. The van der Waals surface area contributed by atoms with E-state index in [2.05, 4.69) is 35.1 Å². The first-order valence-electron chi connectivity index (χ1n) is 8.04. The van der Waals surface area contributed by atoms with Crippen LogP contribution in [0.5, 0.6) is 0 Å². The fourth-order valence-corrected chi connectivity index (χ4v) is 2.97. The molecule has 1 heterocycles. The molecule has 1 aliphatic carbocycles. The van der Waals surface area contributed by atoms with Crippen LogP contribution in [0.1, 0.15) is 64.0 Å². The number of aryl methyl sites for hydroxylation is 1. The molecule has 0 aliphatic heterocycles. The van der Waals surface area contributed by atoms with Gasteiger partial charge in [-0.05, 0) is 45.1 Å². The summed E-state index contributed by atoms with van der Waals surface area (Å²) in [5.41, 5.74) is 1.40. The molecule has 1 atom stereocenters. The maximum atomic E-state index is 5.79. The number of methoxy groups -OCH3 is 1. The number of ether oxygens (including phenoxy) is 1. The zero-order valence-electron chi connectivity index (χ0n) is 13.2. The number of aromatic nitrogens is 2. The van der Waals surface area contributed by atoms with Crippen molar-refractivity contribution >= 4 is 0 Å². The van der Waals surface area contributed by atoms with Gasteiger partial charge in [0.15, 0.2) is 0 Å². The van der Waals surface area contributed by atoms with Gasteiger partial charge in [0, 0.05) is 31.5 Å². The third-order valence-electron chi connectivity index (χ3n) is 4.42. The van der Waals surface area contributed by atoms with Crippen LogP contribution in [0.15, 0.2) is 12.4 Å². The van der Waals surface area contributed by atoms with E-state index in [4.69, 9.17) is 4.74 Å². The van der Waals surface area contributed by atoms with Crippen LogP contribution < -0.4 is 5.32 Å². The van der Waals surface area contributed by atoms with Crippen molar-refractivity contribution in [2.45, 2.75) is 70.6 Å². The maximum Gasteiger partial charge on any atom is 0.0697 e. The summed E-state index contributed by atoms with van der Waals surface area (Å²) < 4.78 is 7.84. The lowest BCUT2D eigenvalue weighted by atomic mass is 9.75. The van der Waals surface area contributed by atoms with Gasteiger partial charge in [-0.1, -0.05) is 13.8 Å². The van der Waals surface area contributed by atoms with Crippen LogP contribution in [-0.4, -0.2) is 29.0 Å². The molecule has 0 bridgehead atoms. The largest absolute Gasteiger partial charge is 0.378 e. The number of nitrogens with one attached hydrogen (secondary N) is 1. The number of hydrogen-bond donors (Lipinski definition) is 1. The van der Waals surface area contributed by atoms with E-state index in [0.29, 0.717) is 6.04 Å². The van der Waals surface area contributed by atoms with Crippen molar-refractivity contribution < 1.29 is 4.74 Å². The Labute approximate surface area is 122 Å². The van der Waals surface area contributed by atoms with Gasteiger partial charge >= 0.3 is 0 Å². The van der Waals surface area contributed by atoms with Crippen molar-refractivity contribution in [3.63, 3.8) is 0 Å². The minimum absolute atomic E-state index is 0.0955. The van der Waals surface area contributed by atoms with Crippen LogP contribution in [0.4, 0.5) is 0 Å². The van der Waals surface area contributed by atoms with Crippen molar-refractivity contribution in [1.29, 1.82) is 0 Å². The summed E-state index contributed by atoms with van der Waals surface area (Å²) in [6.07, 6.45) is 11.2. The highest BCUT2D eigenvalue weighted by Gasteiger charge is 2.39. The highest BCUT2D eigenvalue weighted by Crippen LogP contribution is 2.41. The van der Waals surface area contributed by atoms with E-state index in [0.717, 1.165) is 32.4 Å². The monoisotopic (exact) mass is 279 g/mol. The normalized spacial score (nSPS) is 18.8. The third kappa shape index (κ3) is 3.61. The predicted molar refractivity (Wildman–Crippen MR) is 81.8 cm³/mol. The van der Waals surface area contributed by atoms with Crippen LogP contribution in [0.3, 0.4) is 0 Å².